The molecule has 0 saturated heterocycles. The van der Waals surface area contributed by atoms with Crippen molar-refractivity contribution in [1.29, 1.82) is 0 Å². The predicted molar refractivity (Wildman–Crippen MR) is 122 cm³/mol. The maximum absolute atomic E-state index is 5.64. The van der Waals surface area contributed by atoms with E-state index in [9.17, 15) is 0 Å². The van der Waals surface area contributed by atoms with Crippen LogP contribution in [-0.2, 0) is 0 Å². The Morgan fingerprint density at radius 3 is 2.32 bits per heavy atom. The molecule has 2 rings (SSSR count). The van der Waals surface area contributed by atoms with Crippen molar-refractivity contribution in [3.63, 3.8) is 0 Å². The van der Waals surface area contributed by atoms with Crippen LogP contribution < -0.4 is 20.1 Å². The standard InChI is InChI=1S/C22H37N3O2S/c1-4-6-8-12-25(13-9-7-5-2)17-18(3)23-22(28)24-19-10-11-20-21(16-19)27-15-14-26-20/h10-11,16,18H,4-9,12-15,17H2,1-3H3,(H2,23,24,28)/t18-/m1/s1. The second-order valence-electron chi connectivity index (χ2n) is 7.57. The van der Waals surface area contributed by atoms with Crippen LogP contribution in [0.4, 0.5) is 5.69 Å². The molecule has 0 saturated carbocycles. The lowest BCUT2D eigenvalue weighted by Gasteiger charge is -2.27. The first kappa shape index (κ1) is 22.8. The van der Waals surface area contributed by atoms with Gasteiger partial charge in [-0.1, -0.05) is 39.5 Å². The average Bonchev–Trinajstić information content (AvgIpc) is 2.68. The van der Waals surface area contributed by atoms with Gasteiger partial charge in [-0.3, -0.25) is 0 Å². The number of unbranched alkanes of at least 4 members (excludes halogenated alkanes) is 4. The van der Waals surface area contributed by atoms with E-state index in [1.165, 1.54) is 51.6 Å². The fourth-order valence-corrected chi connectivity index (χ4v) is 3.73. The molecule has 158 valence electrons. The summed E-state index contributed by atoms with van der Waals surface area (Å²) in [6, 6.07) is 6.12. The zero-order chi connectivity index (χ0) is 20.2. The van der Waals surface area contributed by atoms with Crippen LogP contribution in [-0.4, -0.2) is 48.9 Å². The number of hydrogen-bond acceptors (Lipinski definition) is 4. The van der Waals surface area contributed by atoms with Crippen LogP contribution in [0.3, 0.4) is 0 Å². The van der Waals surface area contributed by atoms with Gasteiger partial charge in [0.1, 0.15) is 13.2 Å². The summed E-state index contributed by atoms with van der Waals surface area (Å²) in [6.07, 6.45) is 7.68. The molecule has 1 heterocycles. The maximum atomic E-state index is 5.64. The van der Waals surface area contributed by atoms with Crippen molar-refractivity contribution in [3.8, 4) is 11.5 Å². The van der Waals surface area contributed by atoms with Crippen LogP contribution in [0.5, 0.6) is 11.5 Å². The van der Waals surface area contributed by atoms with E-state index < -0.39 is 0 Å². The lowest BCUT2D eigenvalue weighted by Crippen LogP contribution is -2.44. The first-order valence-corrected chi connectivity index (χ1v) is 11.2. The first-order valence-electron chi connectivity index (χ1n) is 10.8. The molecule has 0 fully saturated rings. The van der Waals surface area contributed by atoms with E-state index in [4.69, 9.17) is 21.7 Å². The van der Waals surface area contributed by atoms with Gasteiger partial charge in [-0.15, -0.1) is 0 Å². The third-order valence-corrected chi connectivity index (χ3v) is 5.09. The van der Waals surface area contributed by atoms with Crippen molar-refractivity contribution < 1.29 is 9.47 Å². The number of benzene rings is 1. The topological polar surface area (TPSA) is 45.8 Å². The van der Waals surface area contributed by atoms with Crippen molar-refractivity contribution in [2.24, 2.45) is 0 Å². The van der Waals surface area contributed by atoms with Crippen LogP contribution in [0.2, 0.25) is 0 Å². The first-order chi connectivity index (χ1) is 13.6. The molecule has 6 heteroatoms. The highest BCUT2D eigenvalue weighted by Crippen LogP contribution is 2.32. The Hall–Kier alpha value is -1.53. The monoisotopic (exact) mass is 407 g/mol. The summed E-state index contributed by atoms with van der Waals surface area (Å²) < 4.78 is 11.2. The predicted octanol–water partition coefficient (Wildman–Crippen LogP) is 4.82. The van der Waals surface area contributed by atoms with Gasteiger partial charge < -0.3 is 25.0 Å². The Morgan fingerprint density at radius 2 is 1.68 bits per heavy atom. The highest BCUT2D eigenvalue weighted by Gasteiger charge is 2.14. The minimum Gasteiger partial charge on any atom is -0.486 e. The molecule has 1 aromatic carbocycles. The largest absolute Gasteiger partial charge is 0.486 e. The van der Waals surface area contributed by atoms with E-state index in [-0.39, 0.29) is 0 Å². The van der Waals surface area contributed by atoms with Gasteiger partial charge in [0.25, 0.3) is 0 Å². The van der Waals surface area contributed by atoms with Crippen molar-refractivity contribution in [2.75, 3.05) is 38.2 Å². The summed E-state index contributed by atoms with van der Waals surface area (Å²) in [7, 11) is 0. The van der Waals surface area contributed by atoms with Crippen molar-refractivity contribution in [1.82, 2.24) is 10.2 Å². The van der Waals surface area contributed by atoms with Crippen molar-refractivity contribution in [2.45, 2.75) is 65.3 Å². The molecule has 1 aromatic rings. The van der Waals surface area contributed by atoms with Crippen LogP contribution in [0.25, 0.3) is 0 Å². The summed E-state index contributed by atoms with van der Waals surface area (Å²) in [5.41, 5.74) is 0.914. The van der Waals surface area contributed by atoms with Gasteiger partial charge in [-0.25, -0.2) is 0 Å². The third-order valence-electron chi connectivity index (χ3n) is 4.87. The quantitative estimate of drug-likeness (QED) is 0.383. The van der Waals surface area contributed by atoms with Crippen LogP contribution >= 0.6 is 12.2 Å². The van der Waals surface area contributed by atoms with E-state index in [1.54, 1.807) is 0 Å². The molecule has 0 aromatic heterocycles. The molecule has 0 aliphatic carbocycles. The fraction of sp³-hybridized carbons (Fsp3) is 0.682. The SMILES string of the molecule is CCCCCN(CCCCC)C[C@@H](C)NC(=S)Nc1ccc2c(c1)OCCO2. The highest BCUT2D eigenvalue weighted by atomic mass is 32.1. The molecule has 5 nitrogen and oxygen atoms in total. The Morgan fingerprint density at radius 1 is 1.04 bits per heavy atom. The molecule has 0 radical (unpaired) electrons. The van der Waals surface area contributed by atoms with Gasteiger partial charge >= 0.3 is 0 Å². The Kier molecular flexibility index (Phi) is 10.4. The summed E-state index contributed by atoms with van der Waals surface area (Å²) >= 11 is 5.52. The number of anilines is 1. The van der Waals surface area contributed by atoms with Crippen LogP contribution in [0, 0.1) is 0 Å². The van der Waals surface area contributed by atoms with Gasteiger partial charge in [0.05, 0.1) is 0 Å². The van der Waals surface area contributed by atoms with Crippen molar-refractivity contribution in [3.05, 3.63) is 18.2 Å². The lowest BCUT2D eigenvalue weighted by molar-refractivity contribution is 0.171. The zero-order valence-corrected chi connectivity index (χ0v) is 18.6. The van der Waals surface area contributed by atoms with Gasteiger partial charge in [-0.2, -0.15) is 0 Å². The van der Waals surface area contributed by atoms with Gasteiger partial charge in [0, 0.05) is 24.3 Å². The van der Waals surface area contributed by atoms with Gasteiger partial charge in [0.2, 0.25) is 0 Å². The summed E-state index contributed by atoms with van der Waals surface area (Å²) in [5.74, 6) is 1.56. The molecule has 1 aliphatic heterocycles. The number of nitrogens with zero attached hydrogens (tertiary/aromatic N) is 1. The molecule has 28 heavy (non-hydrogen) atoms. The minimum atomic E-state index is 0.292. The zero-order valence-electron chi connectivity index (χ0n) is 17.8. The summed E-state index contributed by atoms with van der Waals surface area (Å²) in [6.45, 7) is 11.3. The smallest absolute Gasteiger partial charge is 0.171 e. The Bertz CT molecular complexity index is 587. The van der Waals surface area contributed by atoms with Gasteiger partial charge in [-0.05, 0) is 57.2 Å². The number of ether oxygens (including phenoxy) is 2. The molecular weight excluding hydrogens is 370 g/mol. The number of rotatable bonds is 12. The fourth-order valence-electron chi connectivity index (χ4n) is 3.41. The lowest BCUT2D eigenvalue weighted by atomic mass is 10.2. The van der Waals surface area contributed by atoms with E-state index in [0.717, 1.165) is 23.7 Å². The van der Waals surface area contributed by atoms with E-state index in [0.29, 0.717) is 24.4 Å². The summed E-state index contributed by atoms with van der Waals surface area (Å²) in [5, 5.41) is 7.34. The van der Waals surface area contributed by atoms with E-state index >= 15 is 0 Å². The number of fused-ring (bicyclic) bond motifs is 1. The molecular formula is C22H37N3O2S. The molecule has 0 unspecified atom stereocenters. The molecule has 1 aliphatic rings. The number of hydrogen-bond donors (Lipinski definition) is 2. The molecule has 0 spiro atoms. The second kappa shape index (κ2) is 12.8. The van der Waals surface area contributed by atoms with Gasteiger partial charge in [0.15, 0.2) is 16.6 Å². The maximum Gasteiger partial charge on any atom is 0.171 e. The van der Waals surface area contributed by atoms with Crippen LogP contribution in [0.15, 0.2) is 18.2 Å². The third kappa shape index (κ3) is 8.23. The van der Waals surface area contributed by atoms with Crippen LogP contribution in [0.1, 0.15) is 59.3 Å². The molecule has 0 amide bonds. The molecule has 1 atom stereocenters. The Labute approximate surface area is 176 Å². The normalized spacial score (nSPS) is 14.0. The van der Waals surface area contributed by atoms with E-state index in [2.05, 4.69) is 36.3 Å². The van der Waals surface area contributed by atoms with Crippen molar-refractivity contribution >= 4 is 23.0 Å². The highest BCUT2D eigenvalue weighted by molar-refractivity contribution is 7.80. The minimum absolute atomic E-state index is 0.292. The van der Waals surface area contributed by atoms with E-state index in [1.807, 2.05) is 18.2 Å². The summed E-state index contributed by atoms with van der Waals surface area (Å²) in [4.78, 5) is 2.58. The molecule has 0 bridgehead atoms. The Balaban J connectivity index is 1.80. The second-order valence-corrected chi connectivity index (χ2v) is 7.98. The molecule has 2 N–H and O–H groups in total. The number of thiocarbonyl (C=S) groups is 1. The average molecular weight is 408 g/mol. The number of nitrogens with one attached hydrogen (secondary N) is 2.